The standard InChI is InChI=1S/C16H22N2O2.ClH/c1-16(10-17)7-8-18(11-16)15(19)14-13-5-3-2-4-12(13)6-9-20-14;/h2-5,14H,6-11,17H2,1H3;1H. The Morgan fingerprint density at radius 1 is 1.48 bits per heavy atom. The van der Waals surface area contributed by atoms with E-state index in [0.717, 1.165) is 31.5 Å². The summed E-state index contributed by atoms with van der Waals surface area (Å²) in [5, 5.41) is 0. The summed E-state index contributed by atoms with van der Waals surface area (Å²) in [7, 11) is 0. The maximum Gasteiger partial charge on any atom is 0.256 e. The molecule has 0 saturated carbocycles. The molecule has 2 atom stereocenters. The van der Waals surface area contributed by atoms with Gasteiger partial charge in [0.15, 0.2) is 6.10 Å². The van der Waals surface area contributed by atoms with Gasteiger partial charge in [0.25, 0.3) is 5.91 Å². The second-order valence-electron chi connectivity index (χ2n) is 6.22. The lowest BCUT2D eigenvalue weighted by molar-refractivity contribution is -0.144. The molecule has 5 heteroatoms. The molecule has 2 heterocycles. The van der Waals surface area contributed by atoms with Gasteiger partial charge in [-0.15, -0.1) is 12.4 Å². The molecule has 21 heavy (non-hydrogen) atoms. The van der Waals surface area contributed by atoms with E-state index in [1.165, 1.54) is 5.56 Å². The first-order valence-corrected chi connectivity index (χ1v) is 7.31. The highest BCUT2D eigenvalue weighted by Gasteiger charge is 2.39. The van der Waals surface area contributed by atoms with Gasteiger partial charge in [-0.2, -0.15) is 0 Å². The molecule has 1 amide bonds. The monoisotopic (exact) mass is 310 g/mol. The van der Waals surface area contributed by atoms with Crippen molar-refractivity contribution in [2.45, 2.75) is 25.9 Å². The summed E-state index contributed by atoms with van der Waals surface area (Å²) >= 11 is 0. The Balaban J connectivity index is 0.00000161. The average Bonchev–Trinajstić information content (AvgIpc) is 2.89. The van der Waals surface area contributed by atoms with Crippen LogP contribution in [0, 0.1) is 5.41 Å². The number of benzene rings is 1. The van der Waals surface area contributed by atoms with E-state index < -0.39 is 6.10 Å². The van der Waals surface area contributed by atoms with Gasteiger partial charge in [-0.25, -0.2) is 0 Å². The number of likely N-dealkylation sites (tertiary alicyclic amines) is 1. The van der Waals surface area contributed by atoms with Crippen molar-refractivity contribution in [2.75, 3.05) is 26.2 Å². The normalized spacial score (nSPS) is 27.9. The van der Waals surface area contributed by atoms with Crippen LogP contribution in [0.15, 0.2) is 24.3 Å². The first-order valence-electron chi connectivity index (χ1n) is 7.31. The molecular weight excluding hydrogens is 288 g/mol. The van der Waals surface area contributed by atoms with E-state index in [1.54, 1.807) is 0 Å². The molecule has 1 saturated heterocycles. The van der Waals surface area contributed by atoms with Gasteiger partial charge in [-0.05, 0) is 35.9 Å². The van der Waals surface area contributed by atoms with Crippen LogP contribution in [0.25, 0.3) is 0 Å². The third kappa shape index (κ3) is 3.07. The van der Waals surface area contributed by atoms with Crippen LogP contribution >= 0.6 is 12.4 Å². The molecule has 0 spiro atoms. The highest BCUT2D eigenvalue weighted by molar-refractivity contribution is 5.85. The molecule has 2 aliphatic heterocycles. The number of nitrogens with two attached hydrogens (primary N) is 1. The van der Waals surface area contributed by atoms with E-state index in [-0.39, 0.29) is 23.7 Å². The van der Waals surface area contributed by atoms with Crippen LogP contribution in [0.1, 0.15) is 30.6 Å². The Kier molecular flexibility index (Phi) is 4.91. The molecule has 0 bridgehead atoms. The summed E-state index contributed by atoms with van der Waals surface area (Å²) in [6.45, 7) is 4.92. The predicted octanol–water partition coefficient (Wildman–Crippen LogP) is 1.92. The number of rotatable bonds is 2. The number of hydrogen-bond donors (Lipinski definition) is 1. The molecule has 4 nitrogen and oxygen atoms in total. The average molecular weight is 311 g/mol. The first kappa shape index (κ1) is 16.3. The summed E-state index contributed by atoms with van der Waals surface area (Å²) in [5.74, 6) is 0.0920. The number of ether oxygens (including phenoxy) is 1. The van der Waals surface area contributed by atoms with Crippen molar-refractivity contribution in [1.29, 1.82) is 0 Å². The molecule has 2 N–H and O–H groups in total. The smallest absolute Gasteiger partial charge is 0.256 e. The molecule has 1 aromatic rings. The zero-order valence-electron chi connectivity index (χ0n) is 12.4. The number of nitrogens with zero attached hydrogens (tertiary/aromatic N) is 1. The molecular formula is C16H23ClN2O2. The number of carbonyl (C=O) groups is 1. The largest absolute Gasteiger partial charge is 0.363 e. The number of carbonyl (C=O) groups excluding carboxylic acids is 1. The molecule has 116 valence electrons. The van der Waals surface area contributed by atoms with Gasteiger partial charge < -0.3 is 15.4 Å². The highest BCUT2D eigenvalue weighted by atomic mass is 35.5. The molecule has 0 aromatic heterocycles. The number of amides is 1. The Labute approximate surface area is 132 Å². The lowest BCUT2D eigenvalue weighted by Gasteiger charge is -2.29. The van der Waals surface area contributed by atoms with Crippen molar-refractivity contribution in [3.63, 3.8) is 0 Å². The number of hydrogen-bond acceptors (Lipinski definition) is 3. The molecule has 2 aliphatic rings. The van der Waals surface area contributed by atoms with E-state index >= 15 is 0 Å². The maximum absolute atomic E-state index is 12.7. The zero-order chi connectivity index (χ0) is 14.2. The lowest BCUT2D eigenvalue weighted by atomic mass is 9.90. The maximum atomic E-state index is 12.7. The van der Waals surface area contributed by atoms with Gasteiger partial charge in [0.2, 0.25) is 0 Å². The number of fused-ring (bicyclic) bond motifs is 1. The van der Waals surface area contributed by atoms with E-state index in [0.29, 0.717) is 13.2 Å². The SMILES string of the molecule is CC1(CN)CCN(C(=O)C2OCCc3ccccc32)C1.Cl. The highest BCUT2D eigenvalue weighted by Crippen LogP contribution is 2.33. The van der Waals surface area contributed by atoms with Crippen molar-refractivity contribution in [3.8, 4) is 0 Å². The van der Waals surface area contributed by atoms with Gasteiger partial charge >= 0.3 is 0 Å². The van der Waals surface area contributed by atoms with Crippen molar-refractivity contribution in [3.05, 3.63) is 35.4 Å². The van der Waals surface area contributed by atoms with Crippen LogP contribution in [-0.4, -0.2) is 37.0 Å². The summed E-state index contributed by atoms with van der Waals surface area (Å²) in [5.41, 5.74) is 8.14. The van der Waals surface area contributed by atoms with E-state index in [1.807, 2.05) is 23.1 Å². The predicted molar refractivity (Wildman–Crippen MR) is 84.4 cm³/mol. The molecule has 1 aromatic carbocycles. The van der Waals surface area contributed by atoms with Crippen LogP contribution in [0.5, 0.6) is 0 Å². The fourth-order valence-corrected chi connectivity index (χ4v) is 3.14. The molecule has 0 radical (unpaired) electrons. The Hall–Kier alpha value is -1.10. The molecule has 0 aliphatic carbocycles. The van der Waals surface area contributed by atoms with Crippen molar-refractivity contribution in [2.24, 2.45) is 11.1 Å². The lowest BCUT2D eigenvalue weighted by Crippen LogP contribution is -2.39. The Morgan fingerprint density at radius 2 is 2.24 bits per heavy atom. The molecule has 3 rings (SSSR count). The van der Waals surface area contributed by atoms with Crippen LogP contribution in [-0.2, 0) is 16.0 Å². The third-order valence-electron chi connectivity index (χ3n) is 4.58. The fourth-order valence-electron chi connectivity index (χ4n) is 3.14. The second kappa shape index (κ2) is 6.34. The topological polar surface area (TPSA) is 55.6 Å². The third-order valence-corrected chi connectivity index (χ3v) is 4.58. The van der Waals surface area contributed by atoms with Crippen LogP contribution < -0.4 is 5.73 Å². The van der Waals surface area contributed by atoms with Crippen LogP contribution in [0.3, 0.4) is 0 Å². The van der Waals surface area contributed by atoms with Gasteiger partial charge in [-0.1, -0.05) is 31.2 Å². The minimum atomic E-state index is -0.430. The summed E-state index contributed by atoms with van der Waals surface area (Å²) in [6, 6.07) is 8.09. The van der Waals surface area contributed by atoms with Crippen LogP contribution in [0.2, 0.25) is 0 Å². The zero-order valence-corrected chi connectivity index (χ0v) is 13.2. The van der Waals surface area contributed by atoms with E-state index in [2.05, 4.69) is 13.0 Å². The van der Waals surface area contributed by atoms with E-state index in [4.69, 9.17) is 10.5 Å². The summed E-state index contributed by atoms with van der Waals surface area (Å²) in [4.78, 5) is 14.6. The van der Waals surface area contributed by atoms with Crippen molar-refractivity contribution < 1.29 is 9.53 Å². The Bertz CT molecular complexity index is 523. The van der Waals surface area contributed by atoms with Crippen LogP contribution in [0.4, 0.5) is 0 Å². The fraction of sp³-hybridized carbons (Fsp3) is 0.562. The Morgan fingerprint density at radius 3 is 2.95 bits per heavy atom. The van der Waals surface area contributed by atoms with Gasteiger partial charge in [0.05, 0.1) is 6.61 Å². The van der Waals surface area contributed by atoms with Gasteiger partial charge in [0.1, 0.15) is 0 Å². The number of halogens is 1. The van der Waals surface area contributed by atoms with Crippen molar-refractivity contribution >= 4 is 18.3 Å². The summed E-state index contributed by atoms with van der Waals surface area (Å²) < 4.78 is 5.76. The molecule has 1 fully saturated rings. The van der Waals surface area contributed by atoms with Gasteiger partial charge in [-0.3, -0.25) is 4.79 Å². The summed E-state index contributed by atoms with van der Waals surface area (Å²) in [6.07, 6.45) is 1.43. The quantitative estimate of drug-likeness (QED) is 0.908. The second-order valence-corrected chi connectivity index (χ2v) is 6.22. The van der Waals surface area contributed by atoms with Gasteiger partial charge in [0, 0.05) is 13.1 Å². The minimum absolute atomic E-state index is 0. The molecule has 2 unspecified atom stereocenters. The van der Waals surface area contributed by atoms with Crippen molar-refractivity contribution in [1.82, 2.24) is 4.90 Å². The minimum Gasteiger partial charge on any atom is -0.363 e. The van der Waals surface area contributed by atoms with E-state index in [9.17, 15) is 4.79 Å². The first-order chi connectivity index (χ1) is 9.63.